The molecule has 166 valence electrons. The van der Waals surface area contributed by atoms with E-state index in [4.69, 9.17) is 4.74 Å². The third-order valence-electron chi connectivity index (χ3n) is 5.51. The Morgan fingerprint density at radius 2 is 1.87 bits per heavy atom. The zero-order chi connectivity index (χ0) is 21.9. The normalized spacial score (nSPS) is 13.5. The van der Waals surface area contributed by atoms with E-state index in [2.05, 4.69) is 52.9 Å². The number of rotatable bonds is 9. The van der Waals surface area contributed by atoms with Crippen molar-refractivity contribution in [3.05, 3.63) is 65.2 Å². The molecule has 0 saturated heterocycles. The topological polar surface area (TPSA) is 66.0 Å². The lowest BCUT2D eigenvalue weighted by Crippen LogP contribution is -2.38. The predicted octanol–water partition coefficient (Wildman–Crippen LogP) is 3.16. The number of aliphatic imine (C=N–C) groups is 1. The molecule has 0 aromatic heterocycles. The number of nitrogens with one attached hydrogen (secondary N) is 2. The summed E-state index contributed by atoms with van der Waals surface area (Å²) in [5.74, 6) is 1.90. The minimum Gasteiger partial charge on any atom is -0.497 e. The van der Waals surface area contributed by atoms with Gasteiger partial charge in [-0.3, -0.25) is 9.79 Å². The van der Waals surface area contributed by atoms with Gasteiger partial charge >= 0.3 is 0 Å². The van der Waals surface area contributed by atoms with Crippen molar-refractivity contribution in [3.8, 4) is 5.75 Å². The van der Waals surface area contributed by atoms with Crippen molar-refractivity contribution in [2.45, 2.75) is 39.2 Å². The molecule has 0 fully saturated rings. The second-order valence-corrected chi connectivity index (χ2v) is 7.72. The van der Waals surface area contributed by atoms with E-state index in [-0.39, 0.29) is 5.91 Å². The smallest absolute Gasteiger partial charge is 0.222 e. The number of amides is 1. The highest BCUT2D eigenvalue weighted by Gasteiger charge is 2.19. The highest BCUT2D eigenvalue weighted by Crippen LogP contribution is 2.19. The van der Waals surface area contributed by atoms with Crippen LogP contribution in [0.5, 0.6) is 5.75 Å². The van der Waals surface area contributed by atoms with Crippen LogP contribution in [0.3, 0.4) is 0 Å². The fourth-order valence-corrected chi connectivity index (χ4v) is 3.75. The standard InChI is InChI=1S/C25H34N4O2/c1-3-26-25(28-17-14-20-10-12-23(31-2)13-11-20)27-16-6-9-24(30)29-18-15-21-7-4-5-8-22(21)19-29/h4-5,7-8,10-13H,3,6,9,14-19H2,1-2H3,(H2,26,27,28). The van der Waals surface area contributed by atoms with Crippen molar-refractivity contribution in [2.75, 3.05) is 33.3 Å². The number of fused-ring (bicyclic) bond motifs is 1. The molecule has 6 nitrogen and oxygen atoms in total. The Morgan fingerprint density at radius 1 is 1.10 bits per heavy atom. The van der Waals surface area contributed by atoms with E-state index in [1.54, 1.807) is 7.11 Å². The highest BCUT2D eigenvalue weighted by atomic mass is 16.5. The Morgan fingerprint density at radius 3 is 2.61 bits per heavy atom. The van der Waals surface area contributed by atoms with Gasteiger partial charge in [0, 0.05) is 39.1 Å². The Balaban J connectivity index is 1.39. The summed E-state index contributed by atoms with van der Waals surface area (Å²) in [5, 5.41) is 6.65. The van der Waals surface area contributed by atoms with Crippen LogP contribution in [-0.2, 0) is 24.2 Å². The quantitative estimate of drug-likeness (QED) is 0.370. The number of ether oxygens (including phenoxy) is 1. The fraction of sp³-hybridized carbons (Fsp3) is 0.440. The summed E-state index contributed by atoms with van der Waals surface area (Å²) >= 11 is 0. The Hall–Kier alpha value is -3.02. The maximum absolute atomic E-state index is 12.6. The second-order valence-electron chi connectivity index (χ2n) is 7.72. The monoisotopic (exact) mass is 422 g/mol. The van der Waals surface area contributed by atoms with Gasteiger partial charge in [-0.2, -0.15) is 0 Å². The average Bonchev–Trinajstić information content (AvgIpc) is 2.81. The van der Waals surface area contributed by atoms with Crippen LogP contribution in [0.2, 0.25) is 0 Å². The van der Waals surface area contributed by atoms with Gasteiger partial charge in [0.2, 0.25) is 5.91 Å². The van der Waals surface area contributed by atoms with E-state index in [0.717, 1.165) is 57.2 Å². The van der Waals surface area contributed by atoms with Crippen molar-refractivity contribution in [2.24, 2.45) is 4.99 Å². The number of carbonyl (C=O) groups is 1. The van der Waals surface area contributed by atoms with Crippen molar-refractivity contribution >= 4 is 11.9 Å². The number of hydrogen-bond donors (Lipinski definition) is 2. The summed E-state index contributed by atoms with van der Waals surface area (Å²) in [7, 11) is 1.68. The van der Waals surface area contributed by atoms with Gasteiger partial charge in [-0.25, -0.2) is 0 Å². The molecule has 1 heterocycles. The zero-order valence-electron chi connectivity index (χ0n) is 18.7. The summed E-state index contributed by atoms with van der Waals surface area (Å²) in [6, 6.07) is 16.5. The maximum Gasteiger partial charge on any atom is 0.222 e. The minimum absolute atomic E-state index is 0.224. The van der Waals surface area contributed by atoms with Gasteiger partial charge < -0.3 is 20.3 Å². The first-order valence-electron chi connectivity index (χ1n) is 11.2. The first kappa shape index (κ1) is 22.7. The Kier molecular flexibility index (Phi) is 8.76. The molecular formula is C25H34N4O2. The first-order chi connectivity index (χ1) is 15.2. The van der Waals surface area contributed by atoms with Crippen molar-refractivity contribution < 1.29 is 9.53 Å². The number of benzene rings is 2. The van der Waals surface area contributed by atoms with Crippen LogP contribution in [0.15, 0.2) is 53.5 Å². The van der Waals surface area contributed by atoms with Gasteiger partial charge in [0.25, 0.3) is 0 Å². The largest absolute Gasteiger partial charge is 0.497 e. The molecule has 0 saturated carbocycles. The van der Waals surface area contributed by atoms with E-state index < -0.39 is 0 Å². The zero-order valence-corrected chi connectivity index (χ0v) is 18.7. The summed E-state index contributed by atoms with van der Waals surface area (Å²) in [6.07, 6.45) is 3.15. The molecule has 1 amide bonds. The number of nitrogens with zero attached hydrogens (tertiary/aromatic N) is 2. The number of guanidine groups is 1. The van der Waals surface area contributed by atoms with Crippen molar-refractivity contribution in [3.63, 3.8) is 0 Å². The molecule has 3 rings (SSSR count). The van der Waals surface area contributed by atoms with E-state index in [9.17, 15) is 4.79 Å². The molecule has 0 radical (unpaired) electrons. The average molecular weight is 423 g/mol. The minimum atomic E-state index is 0.224. The predicted molar refractivity (Wildman–Crippen MR) is 125 cm³/mol. The van der Waals surface area contributed by atoms with Crippen LogP contribution in [0.1, 0.15) is 36.5 Å². The third-order valence-corrected chi connectivity index (χ3v) is 5.51. The Bertz CT molecular complexity index is 864. The van der Waals surface area contributed by atoms with Gasteiger partial charge in [0.15, 0.2) is 5.96 Å². The second kappa shape index (κ2) is 12.0. The van der Waals surface area contributed by atoms with Gasteiger partial charge in [-0.15, -0.1) is 0 Å². The lowest BCUT2D eigenvalue weighted by Gasteiger charge is -2.28. The molecule has 2 aromatic carbocycles. The highest BCUT2D eigenvalue weighted by molar-refractivity contribution is 5.80. The summed E-state index contributed by atoms with van der Waals surface area (Å²) in [5.41, 5.74) is 3.89. The van der Waals surface area contributed by atoms with E-state index in [0.29, 0.717) is 13.0 Å². The maximum atomic E-state index is 12.6. The number of methoxy groups -OCH3 is 1. The van der Waals surface area contributed by atoms with E-state index in [1.807, 2.05) is 23.1 Å². The van der Waals surface area contributed by atoms with Crippen LogP contribution in [0.4, 0.5) is 0 Å². The van der Waals surface area contributed by atoms with Crippen LogP contribution >= 0.6 is 0 Å². The van der Waals surface area contributed by atoms with Crippen molar-refractivity contribution in [1.29, 1.82) is 0 Å². The molecule has 31 heavy (non-hydrogen) atoms. The fourth-order valence-electron chi connectivity index (χ4n) is 3.75. The first-order valence-corrected chi connectivity index (χ1v) is 11.2. The molecule has 0 bridgehead atoms. The third kappa shape index (κ3) is 7.02. The number of hydrogen-bond acceptors (Lipinski definition) is 3. The van der Waals surface area contributed by atoms with E-state index >= 15 is 0 Å². The molecule has 0 atom stereocenters. The van der Waals surface area contributed by atoms with Crippen LogP contribution in [0.25, 0.3) is 0 Å². The molecule has 1 aliphatic heterocycles. The van der Waals surface area contributed by atoms with Crippen LogP contribution in [-0.4, -0.2) is 50.1 Å². The molecule has 1 aliphatic rings. The molecule has 2 aromatic rings. The van der Waals surface area contributed by atoms with Gasteiger partial charge in [0.05, 0.1) is 7.11 Å². The van der Waals surface area contributed by atoms with Crippen LogP contribution in [0, 0.1) is 0 Å². The van der Waals surface area contributed by atoms with Gasteiger partial charge in [-0.05, 0) is 55.0 Å². The number of carbonyl (C=O) groups excluding carboxylic acids is 1. The molecule has 6 heteroatoms. The molecule has 0 spiro atoms. The molecule has 0 unspecified atom stereocenters. The lowest BCUT2D eigenvalue weighted by atomic mass is 9.99. The molecule has 0 aliphatic carbocycles. The molecular weight excluding hydrogens is 388 g/mol. The van der Waals surface area contributed by atoms with Crippen LogP contribution < -0.4 is 15.4 Å². The summed E-state index contributed by atoms with van der Waals surface area (Å²) in [4.78, 5) is 19.2. The van der Waals surface area contributed by atoms with E-state index in [1.165, 1.54) is 16.7 Å². The molecule has 2 N–H and O–H groups in total. The van der Waals surface area contributed by atoms with Gasteiger partial charge in [-0.1, -0.05) is 36.4 Å². The summed E-state index contributed by atoms with van der Waals surface area (Å²) in [6.45, 7) is 5.83. The lowest BCUT2D eigenvalue weighted by molar-refractivity contribution is -0.132. The summed E-state index contributed by atoms with van der Waals surface area (Å²) < 4.78 is 5.20. The van der Waals surface area contributed by atoms with Gasteiger partial charge in [0.1, 0.15) is 5.75 Å². The SMILES string of the molecule is CCNC(=NCCCC(=O)N1CCc2ccccc2C1)NCCc1ccc(OC)cc1. The van der Waals surface area contributed by atoms with Crippen molar-refractivity contribution in [1.82, 2.24) is 15.5 Å². The Labute approximate surface area is 185 Å².